The largest absolute Gasteiger partial charge is 0.444 e. The first kappa shape index (κ1) is 22.1. The molecule has 144 valence electrons. The molecule has 0 saturated carbocycles. The summed E-state index contributed by atoms with van der Waals surface area (Å²) in [5.41, 5.74) is 1.62. The minimum absolute atomic E-state index is 0. The van der Waals surface area contributed by atoms with Crippen molar-refractivity contribution >= 4 is 29.9 Å². The molecule has 0 atom stereocenters. The SMILES string of the molecule is CCNC(=NCc1cccc(OC(F)F)c1)NCc1nc(C)c(C)o1.I. The molecule has 2 aromatic rings. The molecule has 0 fully saturated rings. The van der Waals surface area contributed by atoms with Crippen LogP contribution in [0.3, 0.4) is 0 Å². The number of halogens is 3. The quantitative estimate of drug-likeness (QED) is 0.359. The van der Waals surface area contributed by atoms with Crippen LogP contribution in [0.5, 0.6) is 5.75 Å². The van der Waals surface area contributed by atoms with Gasteiger partial charge in [0.1, 0.15) is 11.5 Å². The third-order valence-corrected chi connectivity index (χ3v) is 3.37. The highest BCUT2D eigenvalue weighted by atomic mass is 127. The lowest BCUT2D eigenvalue weighted by molar-refractivity contribution is -0.0498. The van der Waals surface area contributed by atoms with E-state index in [-0.39, 0.29) is 29.7 Å². The normalized spacial score (nSPS) is 11.2. The second kappa shape index (κ2) is 10.9. The Morgan fingerprint density at radius 2 is 2.08 bits per heavy atom. The van der Waals surface area contributed by atoms with Gasteiger partial charge in [-0.05, 0) is 38.5 Å². The number of guanidine groups is 1. The summed E-state index contributed by atoms with van der Waals surface area (Å²) in [4.78, 5) is 8.73. The molecule has 2 rings (SSSR count). The highest BCUT2D eigenvalue weighted by Gasteiger charge is 2.07. The Labute approximate surface area is 168 Å². The number of alkyl halides is 2. The molecule has 0 aliphatic rings. The Hall–Kier alpha value is -1.91. The van der Waals surface area contributed by atoms with Gasteiger partial charge in [0.2, 0.25) is 5.89 Å². The predicted molar refractivity (Wildman–Crippen MR) is 106 cm³/mol. The molecule has 0 unspecified atom stereocenters. The number of benzene rings is 1. The molecule has 26 heavy (non-hydrogen) atoms. The Morgan fingerprint density at radius 3 is 2.69 bits per heavy atom. The Morgan fingerprint density at radius 1 is 1.31 bits per heavy atom. The van der Waals surface area contributed by atoms with Crippen molar-refractivity contribution in [2.45, 2.75) is 40.5 Å². The van der Waals surface area contributed by atoms with E-state index in [0.717, 1.165) is 17.0 Å². The monoisotopic (exact) mass is 480 g/mol. The second-order valence-electron chi connectivity index (χ2n) is 5.32. The van der Waals surface area contributed by atoms with Gasteiger partial charge in [-0.25, -0.2) is 9.98 Å². The van der Waals surface area contributed by atoms with Crippen molar-refractivity contribution < 1.29 is 17.9 Å². The summed E-state index contributed by atoms with van der Waals surface area (Å²) < 4.78 is 34.5. The van der Waals surface area contributed by atoms with Crippen LogP contribution < -0.4 is 15.4 Å². The Balaban J connectivity index is 0.00000338. The molecule has 0 aliphatic carbocycles. The van der Waals surface area contributed by atoms with Gasteiger partial charge in [0, 0.05) is 6.54 Å². The molecule has 0 spiro atoms. The fourth-order valence-electron chi connectivity index (χ4n) is 2.11. The van der Waals surface area contributed by atoms with E-state index >= 15 is 0 Å². The fraction of sp³-hybridized carbons (Fsp3) is 0.412. The summed E-state index contributed by atoms with van der Waals surface area (Å²) in [5.74, 6) is 2.06. The van der Waals surface area contributed by atoms with E-state index in [1.165, 1.54) is 6.07 Å². The number of nitrogens with zero attached hydrogens (tertiary/aromatic N) is 2. The molecular formula is C17H23F2IN4O2. The van der Waals surface area contributed by atoms with Crippen molar-refractivity contribution in [1.29, 1.82) is 0 Å². The molecule has 6 nitrogen and oxygen atoms in total. The van der Waals surface area contributed by atoms with Crippen molar-refractivity contribution in [1.82, 2.24) is 15.6 Å². The molecular weight excluding hydrogens is 457 g/mol. The van der Waals surface area contributed by atoms with Gasteiger partial charge < -0.3 is 19.8 Å². The lowest BCUT2D eigenvalue weighted by Crippen LogP contribution is -2.36. The molecule has 2 N–H and O–H groups in total. The van der Waals surface area contributed by atoms with E-state index in [2.05, 4.69) is 25.3 Å². The van der Waals surface area contributed by atoms with Gasteiger partial charge in [0.05, 0.1) is 18.8 Å². The van der Waals surface area contributed by atoms with Gasteiger partial charge >= 0.3 is 6.61 Å². The van der Waals surface area contributed by atoms with Gasteiger partial charge in [-0.2, -0.15) is 8.78 Å². The smallest absolute Gasteiger partial charge is 0.387 e. The number of ether oxygens (including phenoxy) is 1. The lowest BCUT2D eigenvalue weighted by atomic mass is 10.2. The number of aryl methyl sites for hydroxylation is 2. The predicted octanol–water partition coefficient (Wildman–Crippen LogP) is 3.77. The first-order chi connectivity index (χ1) is 12.0. The third kappa shape index (κ3) is 7.14. The highest BCUT2D eigenvalue weighted by molar-refractivity contribution is 14.0. The molecule has 0 bridgehead atoms. The van der Waals surface area contributed by atoms with E-state index in [1.807, 2.05) is 20.8 Å². The van der Waals surface area contributed by atoms with Crippen molar-refractivity contribution in [2.75, 3.05) is 6.54 Å². The minimum Gasteiger partial charge on any atom is -0.444 e. The molecule has 1 aromatic heterocycles. The molecule has 0 aliphatic heterocycles. The van der Waals surface area contributed by atoms with E-state index in [0.29, 0.717) is 31.5 Å². The van der Waals surface area contributed by atoms with Gasteiger partial charge in [-0.3, -0.25) is 0 Å². The van der Waals surface area contributed by atoms with Crippen LogP contribution in [0.25, 0.3) is 0 Å². The second-order valence-corrected chi connectivity index (χ2v) is 5.32. The first-order valence-corrected chi connectivity index (χ1v) is 7.96. The van der Waals surface area contributed by atoms with Crippen LogP contribution in [-0.2, 0) is 13.1 Å². The zero-order valence-electron chi connectivity index (χ0n) is 14.9. The molecule has 1 heterocycles. The van der Waals surface area contributed by atoms with Crippen LogP contribution >= 0.6 is 24.0 Å². The average molecular weight is 480 g/mol. The minimum atomic E-state index is -2.84. The molecule has 9 heteroatoms. The first-order valence-electron chi connectivity index (χ1n) is 7.96. The summed E-state index contributed by atoms with van der Waals surface area (Å²) in [6, 6.07) is 6.48. The summed E-state index contributed by atoms with van der Waals surface area (Å²) in [6.07, 6.45) is 0. The molecule has 0 radical (unpaired) electrons. The number of rotatable bonds is 7. The standard InChI is InChI=1S/C17H22F2N4O2.HI/c1-4-20-17(22-10-15-23-11(2)12(3)24-15)21-9-13-6-5-7-14(8-13)25-16(18)19;/h5-8,16H,4,9-10H2,1-3H3,(H2,20,21,22);1H. The summed E-state index contributed by atoms with van der Waals surface area (Å²) in [7, 11) is 0. The highest BCUT2D eigenvalue weighted by Crippen LogP contribution is 2.16. The van der Waals surface area contributed by atoms with Gasteiger partial charge in [-0.15, -0.1) is 24.0 Å². The maximum Gasteiger partial charge on any atom is 0.387 e. The van der Waals surface area contributed by atoms with Crippen LogP contribution in [-0.4, -0.2) is 24.1 Å². The summed E-state index contributed by atoms with van der Waals surface area (Å²) in [6.45, 7) is 4.26. The van der Waals surface area contributed by atoms with Gasteiger partial charge in [0.25, 0.3) is 0 Å². The molecule has 1 aromatic carbocycles. The van der Waals surface area contributed by atoms with Crippen molar-refractivity contribution in [3.8, 4) is 5.75 Å². The average Bonchev–Trinajstić information content (AvgIpc) is 2.88. The number of nitrogens with one attached hydrogen (secondary N) is 2. The van der Waals surface area contributed by atoms with Crippen LogP contribution in [0, 0.1) is 13.8 Å². The van der Waals surface area contributed by atoms with Crippen molar-refractivity contribution in [2.24, 2.45) is 4.99 Å². The fourth-order valence-corrected chi connectivity index (χ4v) is 2.11. The van der Waals surface area contributed by atoms with Gasteiger partial charge in [0.15, 0.2) is 5.96 Å². The van der Waals surface area contributed by atoms with Crippen LogP contribution in [0.2, 0.25) is 0 Å². The summed E-state index contributed by atoms with van der Waals surface area (Å²) in [5, 5.41) is 6.24. The van der Waals surface area contributed by atoms with Crippen molar-refractivity contribution in [3.05, 3.63) is 47.2 Å². The van der Waals surface area contributed by atoms with Gasteiger partial charge in [-0.1, -0.05) is 12.1 Å². The van der Waals surface area contributed by atoms with Crippen LogP contribution in [0.15, 0.2) is 33.7 Å². The lowest BCUT2D eigenvalue weighted by Gasteiger charge is -2.10. The third-order valence-electron chi connectivity index (χ3n) is 3.37. The number of aliphatic imine (C=N–C) groups is 1. The number of aromatic nitrogens is 1. The number of oxazole rings is 1. The topological polar surface area (TPSA) is 71.7 Å². The summed E-state index contributed by atoms with van der Waals surface area (Å²) >= 11 is 0. The Kier molecular flexibility index (Phi) is 9.31. The number of hydrogen-bond donors (Lipinski definition) is 2. The maximum absolute atomic E-state index is 12.3. The van der Waals surface area contributed by atoms with E-state index < -0.39 is 6.61 Å². The Bertz CT molecular complexity index is 703. The zero-order chi connectivity index (χ0) is 18.2. The van der Waals surface area contributed by atoms with Crippen molar-refractivity contribution in [3.63, 3.8) is 0 Å². The van der Waals surface area contributed by atoms with Crippen LogP contribution in [0.4, 0.5) is 8.78 Å². The van der Waals surface area contributed by atoms with E-state index in [4.69, 9.17) is 4.42 Å². The van der Waals surface area contributed by atoms with Crippen LogP contribution in [0.1, 0.15) is 29.8 Å². The number of hydrogen-bond acceptors (Lipinski definition) is 4. The maximum atomic E-state index is 12.3. The van der Waals surface area contributed by atoms with E-state index in [1.54, 1.807) is 18.2 Å². The molecule has 0 amide bonds. The van der Waals surface area contributed by atoms with E-state index in [9.17, 15) is 8.78 Å². The zero-order valence-corrected chi connectivity index (χ0v) is 17.2. The molecule has 0 saturated heterocycles.